The summed E-state index contributed by atoms with van der Waals surface area (Å²) in [5.41, 5.74) is 3.72. The lowest BCUT2D eigenvalue weighted by molar-refractivity contribution is 0.399. The molecule has 0 aromatic heterocycles. The molecule has 103 valence electrons. The van der Waals surface area contributed by atoms with E-state index in [4.69, 9.17) is 0 Å². The van der Waals surface area contributed by atoms with Crippen LogP contribution >= 0.6 is 0 Å². The molecule has 0 nitrogen and oxygen atoms in total. The van der Waals surface area contributed by atoms with Crippen molar-refractivity contribution in [3.63, 3.8) is 0 Å². The lowest BCUT2D eigenvalue weighted by Gasteiger charge is -2.37. The normalized spacial score (nSPS) is 29.0. The molecule has 2 heteroatoms. The van der Waals surface area contributed by atoms with E-state index in [0.717, 1.165) is 11.6 Å². The molecular weight excluding hydrogens is 255 g/mol. The fraction of sp³-hybridized carbons (Fsp3) is 0.556. The van der Waals surface area contributed by atoms with Gasteiger partial charge in [0.15, 0.2) is 8.07 Å². The largest absolute Gasteiger partial charge is 0.162 e. The van der Waals surface area contributed by atoms with Gasteiger partial charge < -0.3 is 0 Å². The first-order valence-corrected chi connectivity index (χ1v) is 11.1. The highest BCUT2D eigenvalue weighted by Crippen LogP contribution is 2.44. The fourth-order valence-corrected chi connectivity index (χ4v) is 5.44. The summed E-state index contributed by atoms with van der Waals surface area (Å²) in [5, 5.41) is 1.47. The molecule has 2 aliphatic heterocycles. The van der Waals surface area contributed by atoms with Crippen LogP contribution in [0.3, 0.4) is 0 Å². The zero-order valence-corrected chi connectivity index (χ0v) is 13.7. The van der Waals surface area contributed by atoms with E-state index >= 15 is 0 Å². The summed E-state index contributed by atoms with van der Waals surface area (Å²) in [7, 11) is 1.05. The van der Waals surface area contributed by atoms with Gasteiger partial charge >= 0.3 is 0 Å². The Morgan fingerprint density at radius 3 is 2.65 bits per heavy atom. The lowest BCUT2D eigenvalue weighted by atomic mass is 9.41. The highest BCUT2D eigenvalue weighted by Gasteiger charge is 2.33. The molecule has 3 atom stereocenters. The number of fused-ring (bicyclic) bond motifs is 2. The maximum atomic E-state index is 3.72. The number of hydrogen-bond donors (Lipinski definition) is 0. The SMILES string of the molecule is C[Si](C)(C#CC1CCC2[B]C1CCC2)c1ccccc1. The average Bonchev–Trinajstić information content (AvgIpc) is 2.48. The molecule has 0 amide bonds. The molecule has 2 saturated heterocycles. The van der Waals surface area contributed by atoms with Crippen molar-refractivity contribution in [3.05, 3.63) is 30.3 Å². The second-order valence-corrected chi connectivity index (χ2v) is 11.1. The van der Waals surface area contributed by atoms with Crippen LogP contribution in [0.2, 0.25) is 24.7 Å². The number of benzene rings is 1. The third-order valence-corrected chi connectivity index (χ3v) is 7.61. The Balaban J connectivity index is 1.74. The van der Waals surface area contributed by atoms with E-state index in [1.54, 1.807) is 0 Å². The van der Waals surface area contributed by atoms with Gasteiger partial charge in [-0.05, 0) is 11.6 Å². The summed E-state index contributed by atoms with van der Waals surface area (Å²) in [5.74, 6) is 6.03. The van der Waals surface area contributed by atoms with E-state index < -0.39 is 8.07 Å². The predicted molar refractivity (Wildman–Crippen MR) is 91.2 cm³/mol. The smallest absolute Gasteiger partial charge is 0.126 e. The van der Waals surface area contributed by atoms with Crippen LogP contribution in [0.15, 0.2) is 30.3 Å². The van der Waals surface area contributed by atoms with Crippen LogP contribution in [0.1, 0.15) is 32.1 Å². The standard InChI is InChI=1S/C18H24BSi/c1-20(2,17-8-4-3-5-9-17)14-13-15-11-12-16-7-6-10-18(15)19-16/h3-5,8-9,15-16,18H,6-7,10-12H2,1-2H3. The van der Waals surface area contributed by atoms with E-state index in [1.807, 2.05) is 0 Å². The molecule has 1 aromatic rings. The molecule has 2 fully saturated rings. The molecule has 3 rings (SSSR count). The monoisotopic (exact) mass is 279 g/mol. The maximum Gasteiger partial charge on any atom is 0.162 e. The molecular formula is C18H24BSi. The van der Waals surface area contributed by atoms with Gasteiger partial charge in [-0.1, -0.05) is 80.7 Å². The van der Waals surface area contributed by atoms with E-state index in [-0.39, 0.29) is 0 Å². The topological polar surface area (TPSA) is 0 Å². The molecule has 3 unspecified atom stereocenters. The van der Waals surface area contributed by atoms with Gasteiger partial charge in [0.25, 0.3) is 0 Å². The molecule has 2 heterocycles. The first-order chi connectivity index (χ1) is 9.65. The first kappa shape index (κ1) is 14.0. The van der Waals surface area contributed by atoms with Gasteiger partial charge in [0.05, 0.1) is 0 Å². The quantitative estimate of drug-likeness (QED) is 0.538. The fourth-order valence-electron chi connectivity index (χ4n) is 3.72. The highest BCUT2D eigenvalue weighted by molar-refractivity contribution is 6.96. The third kappa shape index (κ3) is 3.04. The second kappa shape index (κ2) is 5.82. The summed E-state index contributed by atoms with van der Waals surface area (Å²) >= 11 is 0. The van der Waals surface area contributed by atoms with Gasteiger partial charge in [-0.15, -0.1) is 11.5 Å². The van der Waals surface area contributed by atoms with E-state index in [2.05, 4.69) is 62.2 Å². The Labute approximate surface area is 125 Å². The Morgan fingerprint density at radius 1 is 1.05 bits per heavy atom. The summed E-state index contributed by atoms with van der Waals surface area (Å²) in [6.07, 6.45) is 6.94. The van der Waals surface area contributed by atoms with Crippen LogP contribution in [0.4, 0.5) is 0 Å². The van der Waals surface area contributed by atoms with Crippen LogP contribution in [-0.2, 0) is 0 Å². The van der Waals surface area contributed by atoms with Gasteiger partial charge in [-0.25, -0.2) is 0 Å². The Kier molecular flexibility index (Phi) is 4.08. The number of rotatable bonds is 1. The summed E-state index contributed by atoms with van der Waals surface area (Å²) in [6, 6.07) is 10.9. The minimum atomic E-state index is -1.58. The van der Waals surface area contributed by atoms with Gasteiger partial charge in [-0.2, -0.15) is 0 Å². The first-order valence-electron chi connectivity index (χ1n) is 8.08. The molecule has 20 heavy (non-hydrogen) atoms. The van der Waals surface area contributed by atoms with Gasteiger partial charge in [0, 0.05) is 5.92 Å². The van der Waals surface area contributed by atoms with Crippen LogP contribution in [0.25, 0.3) is 0 Å². The molecule has 0 spiro atoms. The van der Waals surface area contributed by atoms with E-state index in [0.29, 0.717) is 5.92 Å². The zero-order valence-electron chi connectivity index (χ0n) is 12.7. The highest BCUT2D eigenvalue weighted by atomic mass is 28.3. The molecule has 0 saturated carbocycles. The van der Waals surface area contributed by atoms with Crippen molar-refractivity contribution in [3.8, 4) is 11.5 Å². The maximum absolute atomic E-state index is 3.72. The summed E-state index contributed by atoms with van der Waals surface area (Å²) < 4.78 is 0. The Hall–Kier alpha value is -0.938. The Morgan fingerprint density at radius 2 is 1.85 bits per heavy atom. The van der Waals surface area contributed by atoms with Crippen LogP contribution in [0.5, 0.6) is 0 Å². The molecule has 2 bridgehead atoms. The van der Waals surface area contributed by atoms with Crippen molar-refractivity contribution in [2.75, 3.05) is 0 Å². The predicted octanol–water partition coefficient (Wildman–Crippen LogP) is 4.02. The summed E-state index contributed by atoms with van der Waals surface area (Å²) in [6.45, 7) is 4.76. The van der Waals surface area contributed by atoms with Crippen molar-refractivity contribution in [2.24, 2.45) is 5.92 Å². The average molecular weight is 279 g/mol. The van der Waals surface area contributed by atoms with Gasteiger partial charge in [0.2, 0.25) is 0 Å². The Bertz CT molecular complexity index is 511. The molecule has 1 aromatic carbocycles. The van der Waals surface area contributed by atoms with Gasteiger partial charge in [0.1, 0.15) is 7.28 Å². The third-order valence-electron chi connectivity index (χ3n) is 5.06. The van der Waals surface area contributed by atoms with Gasteiger partial charge in [-0.3, -0.25) is 0 Å². The van der Waals surface area contributed by atoms with Crippen LogP contribution < -0.4 is 5.19 Å². The van der Waals surface area contributed by atoms with Crippen LogP contribution in [0, 0.1) is 17.4 Å². The van der Waals surface area contributed by atoms with Crippen molar-refractivity contribution in [1.82, 2.24) is 0 Å². The zero-order chi connectivity index (χ0) is 14.0. The molecule has 2 aliphatic rings. The second-order valence-electron chi connectivity index (χ2n) is 6.99. The van der Waals surface area contributed by atoms with Crippen molar-refractivity contribution >= 4 is 20.5 Å². The molecule has 0 aliphatic carbocycles. The van der Waals surface area contributed by atoms with Crippen molar-refractivity contribution < 1.29 is 0 Å². The van der Waals surface area contributed by atoms with Crippen molar-refractivity contribution in [1.29, 1.82) is 0 Å². The number of hydrogen-bond acceptors (Lipinski definition) is 0. The molecule has 1 radical (unpaired) electrons. The summed E-state index contributed by atoms with van der Waals surface area (Å²) in [4.78, 5) is 0. The van der Waals surface area contributed by atoms with E-state index in [9.17, 15) is 0 Å². The minimum absolute atomic E-state index is 0.641. The van der Waals surface area contributed by atoms with E-state index in [1.165, 1.54) is 37.3 Å². The van der Waals surface area contributed by atoms with Crippen LogP contribution in [-0.4, -0.2) is 15.4 Å². The molecule has 0 N–H and O–H groups in total. The lowest BCUT2D eigenvalue weighted by Crippen LogP contribution is -2.40. The van der Waals surface area contributed by atoms with Crippen molar-refractivity contribution in [2.45, 2.75) is 56.8 Å². The minimum Gasteiger partial charge on any atom is -0.126 e.